The van der Waals surface area contributed by atoms with Gasteiger partial charge in [0, 0.05) is 50.7 Å². The molecule has 2 aliphatic heterocycles. The Bertz CT molecular complexity index is 1140. The van der Waals surface area contributed by atoms with Gasteiger partial charge >= 0.3 is 0 Å². The lowest BCUT2D eigenvalue weighted by Crippen LogP contribution is -2.53. The van der Waals surface area contributed by atoms with Gasteiger partial charge in [-0.25, -0.2) is 0 Å². The Balaban J connectivity index is 1.43. The van der Waals surface area contributed by atoms with Crippen molar-refractivity contribution in [3.8, 4) is 5.75 Å². The van der Waals surface area contributed by atoms with Gasteiger partial charge in [-0.2, -0.15) is 0 Å². The number of carbonyl (C=O) groups excluding carboxylic acids is 3. The zero-order chi connectivity index (χ0) is 25.9. The van der Waals surface area contributed by atoms with Crippen LogP contribution in [0.5, 0.6) is 5.75 Å². The Morgan fingerprint density at radius 3 is 2.46 bits per heavy atom. The molecule has 2 aromatic carbocycles. The average Bonchev–Trinajstić information content (AvgIpc) is 3.70. The minimum absolute atomic E-state index is 0.0235. The molecule has 3 aliphatic rings. The summed E-state index contributed by atoms with van der Waals surface area (Å²) in [5.41, 5.74) is 2.61. The van der Waals surface area contributed by atoms with E-state index in [4.69, 9.17) is 4.74 Å². The second-order valence-electron chi connectivity index (χ2n) is 10.4. The summed E-state index contributed by atoms with van der Waals surface area (Å²) in [7, 11) is 1.63. The zero-order valence-electron chi connectivity index (χ0n) is 21.7. The molecule has 0 aromatic heterocycles. The van der Waals surface area contributed by atoms with Gasteiger partial charge < -0.3 is 24.8 Å². The topological polar surface area (TPSA) is 82.2 Å². The van der Waals surface area contributed by atoms with Gasteiger partial charge in [-0.1, -0.05) is 29.8 Å². The van der Waals surface area contributed by atoms with E-state index in [-0.39, 0.29) is 29.7 Å². The highest BCUT2D eigenvalue weighted by atomic mass is 16.5. The average molecular weight is 505 g/mol. The fraction of sp³-hybridized carbons (Fsp3) is 0.483. The van der Waals surface area contributed by atoms with E-state index in [1.54, 1.807) is 12.0 Å². The first-order chi connectivity index (χ1) is 17.9. The van der Waals surface area contributed by atoms with Crippen molar-refractivity contribution < 1.29 is 19.1 Å². The van der Waals surface area contributed by atoms with Gasteiger partial charge in [0.25, 0.3) is 5.91 Å². The van der Waals surface area contributed by atoms with E-state index in [0.29, 0.717) is 38.2 Å². The number of nitrogens with one attached hydrogen (secondary N) is 1. The van der Waals surface area contributed by atoms with E-state index in [9.17, 15) is 14.4 Å². The largest absolute Gasteiger partial charge is 0.497 e. The fourth-order valence-electron chi connectivity index (χ4n) is 5.38. The molecule has 5 rings (SSSR count). The van der Waals surface area contributed by atoms with Crippen molar-refractivity contribution in [3.05, 3.63) is 65.2 Å². The second-order valence-corrected chi connectivity index (χ2v) is 10.4. The quantitative estimate of drug-likeness (QED) is 0.627. The molecule has 3 fully saturated rings. The van der Waals surface area contributed by atoms with Crippen molar-refractivity contribution in [2.45, 2.75) is 44.8 Å². The van der Waals surface area contributed by atoms with Crippen molar-refractivity contribution in [1.29, 1.82) is 0 Å². The van der Waals surface area contributed by atoms with Crippen LogP contribution in [0.25, 0.3) is 0 Å². The molecular formula is C29H36N4O4. The smallest absolute Gasteiger partial charge is 0.254 e. The summed E-state index contributed by atoms with van der Waals surface area (Å²) in [6.45, 7) is 5.50. The van der Waals surface area contributed by atoms with Crippen molar-refractivity contribution in [1.82, 2.24) is 20.0 Å². The Morgan fingerprint density at radius 2 is 1.78 bits per heavy atom. The number of piperazine rings is 1. The summed E-state index contributed by atoms with van der Waals surface area (Å²) in [5, 5.41) is 3.29. The van der Waals surface area contributed by atoms with Crippen LogP contribution in [-0.2, 0) is 16.1 Å². The van der Waals surface area contributed by atoms with Crippen molar-refractivity contribution in [2.75, 3.05) is 39.8 Å². The molecular weight excluding hydrogens is 468 g/mol. The number of nitrogens with zero attached hydrogens (tertiary/aromatic N) is 3. The molecule has 0 spiro atoms. The van der Waals surface area contributed by atoms with Gasteiger partial charge in [0.2, 0.25) is 11.8 Å². The molecule has 8 heteroatoms. The monoisotopic (exact) mass is 504 g/mol. The van der Waals surface area contributed by atoms with Crippen LogP contribution < -0.4 is 10.1 Å². The lowest BCUT2D eigenvalue weighted by molar-refractivity contribution is -0.137. The fourth-order valence-corrected chi connectivity index (χ4v) is 5.38. The number of hydrogen-bond acceptors (Lipinski definition) is 5. The van der Waals surface area contributed by atoms with Gasteiger partial charge in [0.05, 0.1) is 13.2 Å². The van der Waals surface area contributed by atoms with Crippen LogP contribution in [-0.4, -0.2) is 84.3 Å². The van der Waals surface area contributed by atoms with Crippen molar-refractivity contribution >= 4 is 17.7 Å². The predicted molar refractivity (Wildman–Crippen MR) is 140 cm³/mol. The molecule has 2 aromatic rings. The highest BCUT2D eigenvalue weighted by molar-refractivity contribution is 5.98. The molecule has 3 amide bonds. The molecule has 1 saturated carbocycles. The van der Waals surface area contributed by atoms with Gasteiger partial charge in [-0.3, -0.25) is 14.4 Å². The summed E-state index contributed by atoms with van der Waals surface area (Å²) in [6.07, 6.45) is 2.24. The van der Waals surface area contributed by atoms with Crippen LogP contribution in [0.4, 0.5) is 0 Å². The number of likely N-dealkylation sites (tertiary alicyclic amines) is 1. The van der Waals surface area contributed by atoms with E-state index < -0.39 is 6.04 Å². The van der Waals surface area contributed by atoms with Gasteiger partial charge in [-0.05, 0) is 56.0 Å². The predicted octanol–water partition coefficient (Wildman–Crippen LogP) is 2.46. The number of benzene rings is 2. The van der Waals surface area contributed by atoms with Crippen LogP contribution in [0.15, 0.2) is 48.5 Å². The zero-order valence-corrected chi connectivity index (χ0v) is 21.7. The number of carbonyl (C=O) groups is 3. The molecule has 196 valence electrons. The first-order valence-corrected chi connectivity index (χ1v) is 13.2. The molecule has 2 unspecified atom stereocenters. The van der Waals surface area contributed by atoms with Crippen LogP contribution in [0, 0.1) is 12.8 Å². The Hall–Kier alpha value is -3.39. The lowest BCUT2D eigenvalue weighted by atomic mass is 10.1. The normalized spacial score (nSPS) is 21.6. The standard InChI is InChI=1S/C29H36N4O4/c1-20-6-8-22(9-7-20)28(35)33-19-24(17-26(33)29(36)31-14-12-30-13-15-31)32(27(34)23-10-11-23)18-21-4-3-5-25(16-21)37-2/h3-9,16,23-24,26,30H,10-15,17-19H2,1-2H3. The van der Waals surface area contributed by atoms with E-state index in [1.165, 1.54) is 0 Å². The first-order valence-electron chi connectivity index (χ1n) is 13.2. The van der Waals surface area contributed by atoms with Crippen molar-refractivity contribution in [3.63, 3.8) is 0 Å². The van der Waals surface area contributed by atoms with Crippen LogP contribution in [0.2, 0.25) is 0 Å². The Labute approximate surface area is 218 Å². The summed E-state index contributed by atoms with van der Waals surface area (Å²) < 4.78 is 5.39. The van der Waals surface area contributed by atoms with Gasteiger partial charge in [-0.15, -0.1) is 0 Å². The first kappa shape index (κ1) is 25.3. The molecule has 2 saturated heterocycles. The summed E-state index contributed by atoms with van der Waals surface area (Å²) >= 11 is 0. The SMILES string of the molecule is COc1cccc(CN(C(=O)C2CC2)C2CC(C(=O)N3CCNCC3)N(C(=O)c3ccc(C)cc3)C2)c1. The maximum absolute atomic E-state index is 13.7. The minimum Gasteiger partial charge on any atom is -0.497 e. The number of hydrogen-bond donors (Lipinski definition) is 1. The van der Waals surface area contributed by atoms with Gasteiger partial charge in [0.15, 0.2) is 0 Å². The summed E-state index contributed by atoms with van der Waals surface area (Å²) in [6, 6.07) is 14.4. The Morgan fingerprint density at radius 1 is 1.05 bits per heavy atom. The van der Waals surface area contributed by atoms with Crippen LogP contribution in [0.3, 0.4) is 0 Å². The molecule has 37 heavy (non-hydrogen) atoms. The third-order valence-electron chi connectivity index (χ3n) is 7.69. The summed E-state index contributed by atoms with van der Waals surface area (Å²) in [4.78, 5) is 46.4. The Kier molecular flexibility index (Phi) is 7.46. The molecule has 0 bridgehead atoms. The highest BCUT2D eigenvalue weighted by Gasteiger charge is 2.46. The number of rotatable bonds is 7. The molecule has 2 atom stereocenters. The van der Waals surface area contributed by atoms with Crippen LogP contribution in [0.1, 0.15) is 40.7 Å². The van der Waals surface area contributed by atoms with Crippen LogP contribution >= 0.6 is 0 Å². The molecule has 1 aliphatic carbocycles. The number of ether oxygens (including phenoxy) is 1. The maximum Gasteiger partial charge on any atom is 0.254 e. The van der Waals surface area contributed by atoms with E-state index in [2.05, 4.69) is 5.32 Å². The van der Waals surface area contributed by atoms with Gasteiger partial charge in [0.1, 0.15) is 11.8 Å². The number of aryl methyl sites for hydroxylation is 1. The maximum atomic E-state index is 13.7. The third kappa shape index (κ3) is 5.64. The van der Waals surface area contributed by atoms with E-state index in [1.807, 2.05) is 65.3 Å². The molecule has 8 nitrogen and oxygen atoms in total. The molecule has 0 radical (unpaired) electrons. The minimum atomic E-state index is -0.586. The number of amides is 3. The van der Waals surface area contributed by atoms with E-state index >= 15 is 0 Å². The molecule has 2 heterocycles. The third-order valence-corrected chi connectivity index (χ3v) is 7.69. The highest BCUT2D eigenvalue weighted by Crippen LogP contribution is 2.35. The molecule has 1 N–H and O–H groups in total. The van der Waals surface area contributed by atoms with E-state index in [0.717, 1.165) is 42.8 Å². The summed E-state index contributed by atoms with van der Waals surface area (Å²) in [5.74, 6) is 0.715. The number of methoxy groups -OCH3 is 1. The lowest BCUT2D eigenvalue weighted by Gasteiger charge is -2.32. The second kappa shape index (κ2) is 10.9. The van der Waals surface area contributed by atoms with Crippen molar-refractivity contribution in [2.24, 2.45) is 5.92 Å².